The van der Waals surface area contributed by atoms with Crippen molar-refractivity contribution in [3.05, 3.63) is 63.6 Å². The molecule has 6 heteroatoms. The number of rotatable bonds is 4. The Hall–Kier alpha value is -1.75. The van der Waals surface area contributed by atoms with Crippen LogP contribution < -0.4 is 15.0 Å². The van der Waals surface area contributed by atoms with E-state index in [0.717, 1.165) is 48.8 Å². The molecule has 4 rings (SSSR count). The Morgan fingerprint density at radius 2 is 1.79 bits per heavy atom. The third kappa shape index (κ3) is 4.80. The van der Waals surface area contributed by atoms with E-state index in [1.54, 1.807) is 4.90 Å². The van der Waals surface area contributed by atoms with Crippen LogP contribution in [0.4, 0.5) is 0 Å². The molecule has 0 radical (unpaired) electrons. The molecular formula is C22H25Cl2N2O2+. The molecule has 2 aliphatic rings. The molecule has 2 heterocycles. The molecule has 0 aromatic heterocycles. The molecule has 2 aromatic carbocycles. The number of carbonyl (C=O) groups excluding carboxylic acids is 1. The van der Waals surface area contributed by atoms with Crippen LogP contribution in [0.1, 0.15) is 24.0 Å². The number of carbonyl (C=O) groups is 1. The van der Waals surface area contributed by atoms with E-state index in [4.69, 9.17) is 27.9 Å². The van der Waals surface area contributed by atoms with Crippen LogP contribution in [0.5, 0.6) is 5.75 Å². The lowest BCUT2D eigenvalue weighted by atomic mass is 9.95. The van der Waals surface area contributed by atoms with Gasteiger partial charge in [0, 0.05) is 34.5 Å². The third-order valence-corrected chi connectivity index (χ3v) is 6.19. The number of ether oxygens (including phenoxy) is 1. The van der Waals surface area contributed by atoms with Crippen LogP contribution >= 0.6 is 23.2 Å². The fourth-order valence-corrected chi connectivity index (χ4v) is 4.41. The van der Waals surface area contributed by atoms with E-state index in [-0.39, 0.29) is 17.9 Å². The lowest BCUT2D eigenvalue weighted by molar-refractivity contribution is -0.918. The van der Waals surface area contributed by atoms with Crippen LogP contribution in [0.25, 0.3) is 0 Å². The third-order valence-electron chi connectivity index (χ3n) is 5.71. The molecule has 1 atom stereocenters. The van der Waals surface area contributed by atoms with Gasteiger partial charge in [0.15, 0.2) is 0 Å². The number of piperidine rings is 1. The molecule has 2 aliphatic heterocycles. The highest BCUT2D eigenvalue weighted by molar-refractivity contribution is 6.30. The quantitative estimate of drug-likeness (QED) is 0.799. The molecule has 148 valence electrons. The van der Waals surface area contributed by atoms with Gasteiger partial charge in [-0.1, -0.05) is 35.3 Å². The summed E-state index contributed by atoms with van der Waals surface area (Å²) >= 11 is 12.0. The van der Waals surface area contributed by atoms with Crippen LogP contribution in [-0.4, -0.2) is 31.6 Å². The number of fused-ring (bicyclic) bond motifs is 1. The molecule has 0 bridgehead atoms. The van der Waals surface area contributed by atoms with E-state index < -0.39 is 0 Å². The number of nitrogens with one attached hydrogen (secondary N) is 2. The van der Waals surface area contributed by atoms with Gasteiger partial charge in [-0.3, -0.25) is 4.79 Å². The summed E-state index contributed by atoms with van der Waals surface area (Å²) in [5.74, 6) is 0.787. The molecule has 2 N–H and O–H groups in total. The summed E-state index contributed by atoms with van der Waals surface area (Å²) in [7, 11) is 0. The van der Waals surface area contributed by atoms with Gasteiger partial charge in [0.1, 0.15) is 18.9 Å². The van der Waals surface area contributed by atoms with Crippen molar-refractivity contribution in [3.63, 3.8) is 0 Å². The Bertz CT molecular complexity index is 833. The highest BCUT2D eigenvalue weighted by Crippen LogP contribution is 2.30. The first-order valence-corrected chi connectivity index (χ1v) is 10.6. The lowest BCUT2D eigenvalue weighted by Gasteiger charge is -2.31. The predicted molar refractivity (Wildman–Crippen MR) is 111 cm³/mol. The second-order valence-electron chi connectivity index (χ2n) is 7.80. The zero-order chi connectivity index (χ0) is 19.5. The van der Waals surface area contributed by atoms with Crippen molar-refractivity contribution in [1.82, 2.24) is 5.32 Å². The first kappa shape index (κ1) is 19.6. The van der Waals surface area contributed by atoms with Gasteiger partial charge < -0.3 is 15.0 Å². The van der Waals surface area contributed by atoms with Gasteiger partial charge in [0.25, 0.3) is 0 Å². The molecule has 0 unspecified atom stereocenters. The van der Waals surface area contributed by atoms with Crippen LogP contribution in [0, 0.1) is 5.92 Å². The number of halogens is 2. The average molecular weight is 420 g/mol. The molecule has 2 aromatic rings. The number of hydrogen-bond donors (Lipinski definition) is 2. The molecular weight excluding hydrogens is 395 g/mol. The van der Waals surface area contributed by atoms with Crippen molar-refractivity contribution in [3.8, 4) is 5.75 Å². The average Bonchev–Trinajstić information content (AvgIpc) is 2.70. The molecule has 1 saturated heterocycles. The monoisotopic (exact) mass is 419 g/mol. The summed E-state index contributed by atoms with van der Waals surface area (Å²) in [4.78, 5) is 14.3. The standard InChI is InChI=1S/C22H24Cl2N2O2/c23-18-3-1-15(2-4-18)13-26-9-7-20(8-10-26)25-22(27)17-11-16-12-19(24)5-6-21(16)28-14-17/h1-6,12,17,20H,7-11,13-14H2,(H,25,27)/p+1/t17-/m0/s1. The maximum Gasteiger partial charge on any atom is 0.227 e. The maximum absolute atomic E-state index is 12.7. The minimum atomic E-state index is -0.148. The number of benzene rings is 2. The number of hydrogen-bond acceptors (Lipinski definition) is 2. The van der Waals surface area contributed by atoms with E-state index in [2.05, 4.69) is 17.4 Å². The molecule has 0 saturated carbocycles. The van der Waals surface area contributed by atoms with Gasteiger partial charge in [-0.15, -0.1) is 0 Å². The van der Waals surface area contributed by atoms with Crippen LogP contribution in [0.15, 0.2) is 42.5 Å². The highest BCUT2D eigenvalue weighted by Gasteiger charge is 2.29. The first-order valence-electron chi connectivity index (χ1n) is 9.86. The zero-order valence-corrected chi connectivity index (χ0v) is 17.2. The van der Waals surface area contributed by atoms with Gasteiger partial charge in [-0.25, -0.2) is 0 Å². The minimum Gasteiger partial charge on any atom is -0.492 e. The minimum absolute atomic E-state index is 0.0942. The largest absolute Gasteiger partial charge is 0.492 e. The number of amides is 1. The van der Waals surface area contributed by atoms with E-state index in [9.17, 15) is 4.79 Å². The van der Waals surface area contributed by atoms with E-state index in [1.807, 2.05) is 30.3 Å². The summed E-state index contributed by atoms with van der Waals surface area (Å²) in [6.45, 7) is 3.56. The topological polar surface area (TPSA) is 42.8 Å². The zero-order valence-electron chi connectivity index (χ0n) is 15.7. The van der Waals surface area contributed by atoms with Crippen molar-refractivity contribution >= 4 is 29.1 Å². The van der Waals surface area contributed by atoms with E-state index >= 15 is 0 Å². The molecule has 0 aliphatic carbocycles. The SMILES string of the molecule is O=C(NC1CC[NH+](Cc2ccc(Cl)cc2)CC1)[C@@H]1COc2ccc(Cl)cc2C1. The molecule has 4 nitrogen and oxygen atoms in total. The molecule has 1 fully saturated rings. The van der Waals surface area contributed by atoms with E-state index in [0.29, 0.717) is 18.1 Å². The summed E-state index contributed by atoms with van der Waals surface area (Å²) in [5.41, 5.74) is 2.32. The lowest BCUT2D eigenvalue weighted by Crippen LogP contribution is -3.12. The van der Waals surface area contributed by atoms with Crippen molar-refractivity contribution < 1.29 is 14.4 Å². The Kier molecular flexibility index (Phi) is 6.10. The van der Waals surface area contributed by atoms with Crippen LogP contribution in [0.2, 0.25) is 10.0 Å². The Labute approximate surface area is 175 Å². The normalized spacial score (nSPS) is 24.1. The van der Waals surface area contributed by atoms with Crippen LogP contribution in [0.3, 0.4) is 0 Å². The summed E-state index contributed by atoms with van der Waals surface area (Å²) in [5, 5.41) is 4.70. The van der Waals surface area contributed by atoms with Crippen molar-refractivity contribution in [2.75, 3.05) is 19.7 Å². The van der Waals surface area contributed by atoms with Crippen molar-refractivity contribution in [2.24, 2.45) is 5.92 Å². The molecule has 28 heavy (non-hydrogen) atoms. The molecule has 1 amide bonds. The Morgan fingerprint density at radius 3 is 2.54 bits per heavy atom. The summed E-state index contributed by atoms with van der Waals surface area (Å²) < 4.78 is 5.76. The summed E-state index contributed by atoms with van der Waals surface area (Å²) in [6, 6.07) is 13.9. The summed E-state index contributed by atoms with van der Waals surface area (Å²) in [6.07, 6.45) is 2.69. The number of quaternary nitrogens is 1. The van der Waals surface area contributed by atoms with Gasteiger partial charge >= 0.3 is 0 Å². The van der Waals surface area contributed by atoms with Gasteiger partial charge in [0.05, 0.1) is 19.0 Å². The second kappa shape index (κ2) is 8.73. The second-order valence-corrected chi connectivity index (χ2v) is 8.67. The van der Waals surface area contributed by atoms with Gasteiger partial charge in [-0.05, 0) is 42.3 Å². The smallest absolute Gasteiger partial charge is 0.227 e. The first-order chi connectivity index (χ1) is 13.6. The Morgan fingerprint density at radius 1 is 1.07 bits per heavy atom. The Balaban J connectivity index is 1.25. The number of likely N-dealkylation sites (tertiary alicyclic amines) is 1. The molecule has 0 spiro atoms. The van der Waals surface area contributed by atoms with Crippen molar-refractivity contribution in [1.29, 1.82) is 0 Å². The fourth-order valence-electron chi connectivity index (χ4n) is 4.09. The van der Waals surface area contributed by atoms with Crippen molar-refractivity contribution in [2.45, 2.75) is 31.8 Å². The van der Waals surface area contributed by atoms with Gasteiger partial charge in [-0.2, -0.15) is 0 Å². The highest BCUT2D eigenvalue weighted by atomic mass is 35.5. The predicted octanol–water partition coefficient (Wildman–Crippen LogP) is 2.91. The fraction of sp³-hybridized carbons (Fsp3) is 0.409. The van der Waals surface area contributed by atoms with Crippen LogP contribution in [-0.2, 0) is 17.8 Å². The van der Waals surface area contributed by atoms with E-state index in [1.165, 1.54) is 5.56 Å². The van der Waals surface area contributed by atoms with Gasteiger partial charge in [0.2, 0.25) is 5.91 Å². The maximum atomic E-state index is 12.7.